The van der Waals surface area contributed by atoms with Crippen molar-refractivity contribution >= 4 is 33.5 Å². The Balaban J connectivity index is 2.82. The Morgan fingerprint density at radius 3 is 2.41 bits per heavy atom. The van der Waals surface area contributed by atoms with E-state index in [1.54, 1.807) is 4.83 Å². The van der Waals surface area contributed by atoms with Crippen LogP contribution in [0.25, 0.3) is 0 Å². The van der Waals surface area contributed by atoms with Crippen molar-refractivity contribution in [3.8, 4) is 0 Å². The minimum Gasteiger partial charge on any atom is -0.477 e. The minimum absolute atomic E-state index is 0.133. The lowest BCUT2D eigenvalue weighted by Gasteiger charge is -2.17. The number of halogens is 4. The van der Waals surface area contributed by atoms with Gasteiger partial charge in [0, 0.05) is 13.2 Å². The molecule has 0 amide bonds. The molecule has 1 rings (SSSR count). The lowest BCUT2D eigenvalue weighted by Crippen LogP contribution is -2.49. The maximum atomic E-state index is 12.3. The molecule has 0 aliphatic rings. The van der Waals surface area contributed by atoms with Crippen molar-refractivity contribution in [3.05, 3.63) is 16.9 Å². The summed E-state index contributed by atoms with van der Waals surface area (Å²) in [6, 6.07) is -2.31. The molecule has 8 nitrogen and oxygen atoms in total. The molecule has 0 saturated carbocycles. The number of hydrazine groups is 1. The van der Waals surface area contributed by atoms with Gasteiger partial charge in [-0.1, -0.05) is 11.6 Å². The number of nitrogens with one attached hydrogen (secondary N) is 3. The second-order valence-electron chi connectivity index (χ2n) is 4.23. The number of aromatic carboxylic acids is 1. The topological polar surface area (TPSA) is 112 Å². The monoisotopic (exact) mass is 364 g/mol. The van der Waals surface area contributed by atoms with E-state index in [-0.39, 0.29) is 16.4 Å². The molecule has 0 saturated heterocycles. The highest BCUT2D eigenvalue weighted by molar-refractivity contribution is 7.87. The highest BCUT2D eigenvalue weighted by atomic mass is 35.5. The van der Waals surface area contributed by atoms with Crippen LogP contribution in [0.3, 0.4) is 0 Å². The summed E-state index contributed by atoms with van der Waals surface area (Å²) in [7, 11) is -3.20. The zero-order chi connectivity index (χ0) is 17.3. The number of carbonyl (C=O) groups is 1. The first kappa shape index (κ1) is 18.5. The third kappa shape index (κ3) is 4.50. The van der Waals surface area contributed by atoms with E-state index in [0.29, 0.717) is 6.92 Å². The molecular weight excluding hydrogens is 353 g/mol. The quantitative estimate of drug-likeness (QED) is 0.564. The third-order valence-corrected chi connectivity index (χ3v) is 3.88. The molecule has 0 aliphatic heterocycles. The molecule has 0 spiro atoms. The van der Waals surface area contributed by atoms with Crippen molar-refractivity contribution in [1.82, 2.24) is 14.1 Å². The summed E-state index contributed by atoms with van der Waals surface area (Å²) in [5.41, 5.74) is 1.59. The van der Waals surface area contributed by atoms with Gasteiger partial charge in [0.05, 0.1) is 10.7 Å². The second kappa shape index (κ2) is 6.32. The van der Waals surface area contributed by atoms with E-state index >= 15 is 0 Å². The first-order valence-electron chi connectivity index (χ1n) is 5.55. The summed E-state index contributed by atoms with van der Waals surface area (Å²) in [5.74, 6) is -1.35. The molecule has 1 atom stereocenters. The number of rotatable bonds is 6. The van der Waals surface area contributed by atoms with E-state index in [1.165, 1.54) is 11.8 Å². The average molecular weight is 365 g/mol. The smallest absolute Gasteiger partial charge is 0.404 e. The van der Waals surface area contributed by atoms with Crippen LogP contribution in [0.5, 0.6) is 0 Å². The van der Waals surface area contributed by atoms with Gasteiger partial charge in [0.25, 0.3) is 10.2 Å². The molecule has 4 N–H and O–H groups in total. The molecule has 1 heterocycles. The van der Waals surface area contributed by atoms with Crippen LogP contribution in [0.1, 0.15) is 17.4 Å². The maximum Gasteiger partial charge on any atom is 0.404 e. The van der Waals surface area contributed by atoms with E-state index in [1.807, 2.05) is 5.43 Å². The number of hydrogen-bond acceptors (Lipinski definition) is 4. The van der Waals surface area contributed by atoms with Gasteiger partial charge >= 0.3 is 12.1 Å². The number of nitrogens with zero attached hydrogens (tertiary/aromatic N) is 1. The van der Waals surface area contributed by atoms with Crippen molar-refractivity contribution < 1.29 is 31.5 Å². The van der Waals surface area contributed by atoms with Crippen LogP contribution >= 0.6 is 11.6 Å². The Morgan fingerprint density at radius 1 is 1.45 bits per heavy atom. The van der Waals surface area contributed by atoms with Gasteiger partial charge in [-0.05, 0) is 6.92 Å². The van der Waals surface area contributed by atoms with Crippen molar-refractivity contribution in [2.24, 2.45) is 7.05 Å². The number of carboxylic acids is 1. The van der Waals surface area contributed by atoms with Gasteiger partial charge in [-0.3, -0.25) is 0 Å². The van der Waals surface area contributed by atoms with Gasteiger partial charge in [0.1, 0.15) is 11.7 Å². The zero-order valence-electron chi connectivity index (χ0n) is 11.2. The predicted octanol–water partition coefficient (Wildman–Crippen LogP) is 1.08. The van der Waals surface area contributed by atoms with Gasteiger partial charge in [0.2, 0.25) is 0 Å². The predicted molar refractivity (Wildman–Crippen MR) is 71.7 cm³/mol. The van der Waals surface area contributed by atoms with Crippen LogP contribution in [0.2, 0.25) is 5.02 Å². The largest absolute Gasteiger partial charge is 0.477 e. The number of alkyl halides is 3. The molecule has 22 heavy (non-hydrogen) atoms. The summed E-state index contributed by atoms with van der Waals surface area (Å²) in [4.78, 5) is 12.5. The lowest BCUT2D eigenvalue weighted by atomic mass is 10.4. The normalized spacial score (nSPS) is 13.9. The van der Waals surface area contributed by atoms with Crippen LogP contribution in [0, 0.1) is 0 Å². The Bertz CT molecular complexity index is 673. The van der Waals surface area contributed by atoms with Crippen molar-refractivity contribution in [2.75, 3.05) is 5.43 Å². The van der Waals surface area contributed by atoms with Crippen molar-refractivity contribution in [2.45, 2.75) is 19.1 Å². The van der Waals surface area contributed by atoms with Crippen LogP contribution < -0.4 is 15.0 Å². The molecule has 1 aromatic rings. The van der Waals surface area contributed by atoms with Gasteiger partial charge in [0.15, 0.2) is 0 Å². The fourth-order valence-electron chi connectivity index (χ4n) is 1.38. The first-order valence-corrected chi connectivity index (χ1v) is 7.41. The van der Waals surface area contributed by atoms with E-state index in [9.17, 15) is 26.4 Å². The molecule has 126 valence electrons. The fourth-order valence-corrected chi connectivity index (χ4v) is 2.59. The Morgan fingerprint density at radius 2 is 2.00 bits per heavy atom. The molecule has 1 unspecified atom stereocenters. The highest BCUT2D eigenvalue weighted by Crippen LogP contribution is 2.27. The van der Waals surface area contributed by atoms with Gasteiger partial charge in [-0.2, -0.15) is 26.3 Å². The Kier molecular flexibility index (Phi) is 5.33. The van der Waals surface area contributed by atoms with E-state index in [0.717, 1.165) is 10.8 Å². The highest BCUT2D eigenvalue weighted by Gasteiger charge is 2.38. The molecule has 13 heteroatoms. The summed E-state index contributed by atoms with van der Waals surface area (Å²) in [5, 5.41) is 8.58. The second-order valence-corrected chi connectivity index (χ2v) is 6.06. The van der Waals surface area contributed by atoms with Gasteiger partial charge < -0.3 is 15.1 Å². The number of aromatic nitrogens is 1. The number of carboxylic acid groups (broad SMARTS) is 1. The standard InChI is InChI=1S/C9H12ClF3N4O4S/c1-4(9(11,12)13)15-22(20,21)16-14-5-3-17(2)7(6(5)10)8(18)19/h3-4,14-16H,1-2H3,(H,18,19). The Hall–Kier alpha value is -1.50. The number of hydrogen-bond donors (Lipinski definition) is 4. The molecule has 0 radical (unpaired) electrons. The summed E-state index contributed by atoms with van der Waals surface area (Å²) in [6.45, 7) is 0.622. The van der Waals surface area contributed by atoms with E-state index in [2.05, 4.69) is 0 Å². The molecular formula is C9H12ClF3N4O4S. The third-order valence-electron chi connectivity index (χ3n) is 2.47. The summed E-state index contributed by atoms with van der Waals surface area (Å²) >= 11 is 5.73. The van der Waals surface area contributed by atoms with Crippen molar-refractivity contribution in [3.63, 3.8) is 0 Å². The average Bonchev–Trinajstić information content (AvgIpc) is 2.60. The van der Waals surface area contributed by atoms with E-state index in [4.69, 9.17) is 16.7 Å². The molecule has 1 aromatic heterocycles. The number of aryl methyl sites for hydroxylation is 1. The van der Waals surface area contributed by atoms with Crippen LogP contribution in [-0.4, -0.2) is 36.3 Å². The Labute approximate surface area is 128 Å². The van der Waals surface area contributed by atoms with Gasteiger partial charge in [-0.25, -0.2) is 4.79 Å². The van der Waals surface area contributed by atoms with Crippen LogP contribution in [0.15, 0.2) is 6.20 Å². The summed E-state index contributed by atoms with van der Waals surface area (Å²) in [6.07, 6.45) is -3.60. The van der Waals surface area contributed by atoms with Crippen LogP contribution in [-0.2, 0) is 17.3 Å². The van der Waals surface area contributed by atoms with E-state index < -0.39 is 28.4 Å². The fraction of sp³-hybridized carbons (Fsp3) is 0.444. The van der Waals surface area contributed by atoms with Crippen LogP contribution in [0.4, 0.5) is 18.9 Å². The zero-order valence-corrected chi connectivity index (χ0v) is 12.8. The minimum atomic E-state index is -4.75. The molecule has 0 fully saturated rings. The first-order chi connectivity index (χ1) is 9.85. The molecule has 0 aliphatic carbocycles. The SMILES string of the molecule is CC(NS(=O)(=O)NNc1cn(C)c(C(=O)O)c1Cl)C(F)(F)F. The van der Waals surface area contributed by atoms with Crippen molar-refractivity contribution in [1.29, 1.82) is 0 Å². The maximum absolute atomic E-state index is 12.3. The summed E-state index contributed by atoms with van der Waals surface area (Å²) < 4.78 is 62.2. The molecule has 0 bridgehead atoms. The number of anilines is 1. The lowest BCUT2D eigenvalue weighted by molar-refractivity contribution is -0.147. The molecule has 0 aromatic carbocycles. The van der Waals surface area contributed by atoms with Gasteiger partial charge in [-0.15, -0.1) is 4.83 Å².